The summed E-state index contributed by atoms with van der Waals surface area (Å²) >= 11 is 3.23. The third-order valence-corrected chi connectivity index (χ3v) is 4.04. The third-order valence-electron chi connectivity index (χ3n) is 3.54. The molecule has 1 aliphatic rings. The maximum atomic E-state index is 12.5. The minimum atomic E-state index is -0.540. The van der Waals surface area contributed by atoms with Crippen molar-refractivity contribution in [2.24, 2.45) is 5.73 Å². The lowest BCUT2D eigenvalue weighted by Crippen LogP contribution is -2.44. The van der Waals surface area contributed by atoms with Crippen LogP contribution in [0.15, 0.2) is 22.7 Å². The molecule has 0 aliphatic heterocycles. The van der Waals surface area contributed by atoms with Crippen LogP contribution in [0.4, 0.5) is 0 Å². The van der Waals surface area contributed by atoms with Crippen LogP contribution in [0.5, 0.6) is 5.75 Å². The molecule has 0 atom stereocenters. The van der Waals surface area contributed by atoms with Gasteiger partial charge in [-0.3, -0.25) is 9.59 Å². The van der Waals surface area contributed by atoms with Crippen LogP contribution < -0.4 is 5.73 Å². The minimum Gasteiger partial charge on any atom is -0.507 e. The highest BCUT2D eigenvalue weighted by atomic mass is 79.9. The van der Waals surface area contributed by atoms with Gasteiger partial charge in [0.05, 0.1) is 12.1 Å². The van der Waals surface area contributed by atoms with Crippen molar-refractivity contribution in [1.29, 1.82) is 0 Å². The predicted octanol–water partition coefficient (Wildman–Crippen LogP) is 2.02. The van der Waals surface area contributed by atoms with Crippen molar-refractivity contribution < 1.29 is 14.7 Å². The smallest absolute Gasteiger partial charge is 0.258 e. The molecule has 1 aromatic carbocycles. The minimum absolute atomic E-state index is 0.0260. The number of nitrogens with two attached hydrogens (primary N) is 1. The van der Waals surface area contributed by atoms with Crippen LogP contribution in [0.1, 0.15) is 36.0 Å². The summed E-state index contributed by atoms with van der Waals surface area (Å²) in [5, 5.41) is 9.89. The lowest BCUT2D eigenvalue weighted by Gasteiger charge is -2.28. The van der Waals surface area contributed by atoms with E-state index < -0.39 is 5.91 Å². The van der Waals surface area contributed by atoms with Crippen molar-refractivity contribution in [2.45, 2.75) is 31.7 Å². The molecule has 0 spiro atoms. The Morgan fingerprint density at radius 2 is 2.00 bits per heavy atom. The van der Waals surface area contributed by atoms with Crippen LogP contribution in [0.3, 0.4) is 0 Å². The predicted molar refractivity (Wildman–Crippen MR) is 78.3 cm³/mol. The van der Waals surface area contributed by atoms with E-state index in [0.717, 1.165) is 25.7 Å². The first-order valence-electron chi connectivity index (χ1n) is 6.57. The molecule has 0 bridgehead atoms. The van der Waals surface area contributed by atoms with Gasteiger partial charge in [-0.1, -0.05) is 28.8 Å². The Kier molecular flexibility index (Phi) is 4.65. The Hall–Kier alpha value is -1.56. The van der Waals surface area contributed by atoms with Gasteiger partial charge >= 0.3 is 0 Å². The lowest BCUT2D eigenvalue weighted by atomic mass is 10.1. The highest BCUT2D eigenvalue weighted by Crippen LogP contribution is 2.28. The van der Waals surface area contributed by atoms with E-state index in [1.807, 2.05) is 0 Å². The Morgan fingerprint density at radius 1 is 1.35 bits per heavy atom. The van der Waals surface area contributed by atoms with E-state index in [0.29, 0.717) is 4.47 Å². The van der Waals surface area contributed by atoms with Gasteiger partial charge in [-0.05, 0) is 31.0 Å². The van der Waals surface area contributed by atoms with Crippen molar-refractivity contribution in [2.75, 3.05) is 6.54 Å². The summed E-state index contributed by atoms with van der Waals surface area (Å²) in [5.74, 6) is -0.987. The van der Waals surface area contributed by atoms with Gasteiger partial charge in [0, 0.05) is 10.5 Å². The molecule has 0 saturated heterocycles. The molecule has 2 rings (SSSR count). The molecule has 1 fully saturated rings. The van der Waals surface area contributed by atoms with Crippen LogP contribution >= 0.6 is 15.9 Å². The molecule has 5 nitrogen and oxygen atoms in total. The first-order valence-corrected chi connectivity index (χ1v) is 7.36. The van der Waals surface area contributed by atoms with Gasteiger partial charge in [0.25, 0.3) is 5.91 Å². The highest BCUT2D eigenvalue weighted by Gasteiger charge is 2.29. The zero-order valence-electron chi connectivity index (χ0n) is 11.0. The molecule has 20 heavy (non-hydrogen) atoms. The summed E-state index contributed by atoms with van der Waals surface area (Å²) < 4.78 is 0.689. The fraction of sp³-hybridized carbons (Fsp3) is 0.429. The summed E-state index contributed by atoms with van der Waals surface area (Å²) in [5.41, 5.74) is 5.43. The number of carbonyl (C=O) groups is 2. The lowest BCUT2D eigenvalue weighted by molar-refractivity contribution is -0.119. The number of halogens is 1. The van der Waals surface area contributed by atoms with Crippen LogP contribution in [0, 0.1) is 0 Å². The zero-order valence-corrected chi connectivity index (χ0v) is 12.6. The summed E-state index contributed by atoms with van der Waals surface area (Å²) in [7, 11) is 0. The fourth-order valence-electron chi connectivity index (χ4n) is 2.59. The van der Waals surface area contributed by atoms with E-state index in [4.69, 9.17) is 5.73 Å². The molecule has 3 N–H and O–H groups in total. The molecule has 1 aliphatic carbocycles. The SMILES string of the molecule is NC(=O)CN(C(=O)c1ccc(Br)cc1O)C1CCCC1. The van der Waals surface area contributed by atoms with Crippen molar-refractivity contribution >= 4 is 27.7 Å². The maximum Gasteiger partial charge on any atom is 0.258 e. The molecule has 0 unspecified atom stereocenters. The number of aromatic hydroxyl groups is 1. The van der Waals surface area contributed by atoms with Gasteiger partial charge in [-0.2, -0.15) is 0 Å². The van der Waals surface area contributed by atoms with E-state index in [1.54, 1.807) is 12.1 Å². The second kappa shape index (κ2) is 6.26. The molecular formula is C14H17BrN2O3. The average Bonchev–Trinajstić information content (AvgIpc) is 2.88. The summed E-state index contributed by atoms with van der Waals surface area (Å²) in [6.07, 6.45) is 3.83. The molecule has 0 radical (unpaired) electrons. The van der Waals surface area contributed by atoms with E-state index in [2.05, 4.69) is 15.9 Å². The molecule has 0 aromatic heterocycles. The number of amides is 2. The topological polar surface area (TPSA) is 83.6 Å². The van der Waals surface area contributed by atoms with Crippen LogP contribution in [0.2, 0.25) is 0 Å². The van der Waals surface area contributed by atoms with Crippen LogP contribution in [-0.4, -0.2) is 34.4 Å². The molecule has 1 aromatic rings. The second-order valence-corrected chi connectivity index (χ2v) is 5.91. The fourth-order valence-corrected chi connectivity index (χ4v) is 2.94. The Morgan fingerprint density at radius 3 is 2.55 bits per heavy atom. The first kappa shape index (κ1) is 14.8. The van der Waals surface area contributed by atoms with E-state index in [9.17, 15) is 14.7 Å². The van der Waals surface area contributed by atoms with Crippen molar-refractivity contribution in [3.63, 3.8) is 0 Å². The summed E-state index contributed by atoms with van der Waals surface area (Å²) in [6, 6.07) is 4.72. The number of carbonyl (C=O) groups excluding carboxylic acids is 2. The zero-order chi connectivity index (χ0) is 14.7. The average molecular weight is 341 g/mol. The molecule has 2 amide bonds. The number of primary amides is 1. The molecule has 1 saturated carbocycles. The van der Waals surface area contributed by atoms with Crippen LogP contribution in [-0.2, 0) is 4.79 Å². The highest BCUT2D eigenvalue weighted by molar-refractivity contribution is 9.10. The number of nitrogens with zero attached hydrogens (tertiary/aromatic N) is 1. The number of phenolic OH excluding ortho intramolecular Hbond substituents is 1. The summed E-state index contributed by atoms with van der Waals surface area (Å²) in [6.45, 7) is -0.112. The van der Waals surface area contributed by atoms with Crippen molar-refractivity contribution in [1.82, 2.24) is 4.90 Å². The Labute approximate surface area is 125 Å². The van der Waals surface area contributed by atoms with Gasteiger partial charge in [-0.25, -0.2) is 0 Å². The number of benzene rings is 1. The monoisotopic (exact) mass is 340 g/mol. The molecule has 0 heterocycles. The van der Waals surface area contributed by atoms with Crippen molar-refractivity contribution in [3.05, 3.63) is 28.2 Å². The quantitative estimate of drug-likeness (QED) is 0.879. The Balaban J connectivity index is 2.27. The van der Waals surface area contributed by atoms with Gasteiger partial charge in [-0.15, -0.1) is 0 Å². The van der Waals surface area contributed by atoms with Gasteiger partial charge in [0.2, 0.25) is 5.91 Å². The standard InChI is InChI=1S/C14H17BrN2O3/c15-9-5-6-11(12(18)7-9)14(20)17(8-13(16)19)10-3-1-2-4-10/h5-7,10,18H,1-4,8H2,(H2,16,19). The second-order valence-electron chi connectivity index (χ2n) is 5.00. The first-order chi connectivity index (χ1) is 9.49. The Bertz CT molecular complexity index is 527. The number of phenols is 1. The van der Waals surface area contributed by atoms with Crippen molar-refractivity contribution in [3.8, 4) is 5.75 Å². The normalized spacial score (nSPS) is 15.2. The van der Waals surface area contributed by atoms with Gasteiger partial charge < -0.3 is 15.7 Å². The summed E-state index contributed by atoms with van der Waals surface area (Å²) in [4.78, 5) is 25.2. The van der Waals surface area contributed by atoms with E-state index >= 15 is 0 Å². The number of hydrogen-bond acceptors (Lipinski definition) is 3. The van der Waals surface area contributed by atoms with Gasteiger partial charge in [0.15, 0.2) is 0 Å². The number of hydrogen-bond donors (Lipinski definition) is 2. The maximum absolute atomic E-state index is 12.5. The molecular weight excluding hydrogens is 324 g/mol. The number of rotatable bonds is 4. The van der Waals surface area contributed by atoms with E-state index in [-0.39, 0.29) is 29.8 Å². The molecule has 108 valence electrons. The van der Waals surface area contributed by atoms with E-state index in [1.165, 1.54) is 11.0 Å². The molecule has 6 heteroatoms. The van der Waals surface area contributed by atoms with Gasteiger partial charge in [0.1, 0.15) is 5.75 Å². The van der Waals surface area contributed by atoms with Crippen LogP contribution in [0.25, 0.3) is 0 Å². The largest absolute Gasteiger partial charge is 0.507 e. The third kappa shape index (κ3) is 3.30.